The minimum Gasteiger partial charge on any atom is -0.466 e. The van der Waals surface area contributed by atoms with Crippen LogP contribution in [0.4, 0.5) is 0 Å². The fraction of sp³-hybridized carbons (Fsp3) is 0.855. The molecule has 0 fully saturated rings. The monoisotopic (exact) mass is 1250 g/mol. The zero-order valence-corrected chi connectivity index (χ0v) is 59.9. The van der Waals surface area contributed by atoms with Crippen LogP contribution < -0.4 is 5.32 Å². The number of aliphatic hydroxyl groups is 2. The molecule has 522 valence electrons. The number of hydrogen-bond donors (Lipinski definition) is 3. The van der Waals surface area contributed by atoms with Crippen molar-refractivity contribution in [2.45, 2.75) is 443 Å². The van der Waals surface area contributed by atoms with Crippen molar-refractivity contribution in [2.24, 2.45) is 0 Å². The van der Waals surface area contributed by atoms with Crippen molar-refractivity contribution in [1.82, 2.24) is 5.32 Å². The van der Waals surface area contributed by atoms with Crippen LogP contribution in [0.25, 0.3) is 0 Å². The standard InChI is InChI=1S/C83H155NO5/c1-3-5-7-9-11-13-15-17-19-44-49-53-57-61-65-69-73-77-83(88)89-78-74-70-66-62-58-54-50-46-43-41-39-37-35-33-31-29-27-25-23-21-22-24-26-28-30-32-34-36-38-40-42-45-48-52-56-60-64-68-72-76-82(87)84-80(79-85)81(86)75-71-67-63-59-55-51-47-20-18-16-14-12-10-8-6-4-2/h11,13,17,19,21-22,25,27,71,75,80-81,85-86H,3-10,12,14-16,18,20,23-24,26,28-70,72-74,76-79H2,1-2H3,(H,84,87)/b13-11-,19-17-,22-21-,27-25-,75-71+. The Labute approximate surface area is 556 Å². The molecule has 0 aromatic rings. The van der Waals surface area contributed by atoms with Gasteiger partial charge in [0, 0.05) is 12.8 Å². The van der Waals surface area contributed by atoms with E-state index in [1.54, 1.807) is 6.08 Å². The molecule has 0 aliphatic rings. The van der Waals surface area contributed by atoms with E-state index in [0.717, 1.165) is 57.8 Å². The summed E-state index contributed by atoms with van der Waals surface area (Å²) < 4.78 is 5.50. The van der Waals surface area contributed by atoms with Gasteiger partial charge in [0.25, 0.3) is 0 Å². The molecule has 2 atom stereocenters. The van der Waals surface area contributed by atoms with Crippen molar-refractivity contribution < 1.29 is 24.5 Å². The van der Waals surface area contributed by atoms with Crippen molar-refractivity contribution in [1.29, 1.82) is 0 Å². The Morgan fingerprint density at radius 3 is 0.876 bits per heavy atom. The second-order valence-electron chi connectivity index (χ2n) is 27.4. The highest BCUT2D eigenvalue weighted by Gasteiger charge is 2.18. The normalized spacial score (nSPS) is 12.8. The first kappa shape index (κ1) is 86.6. The van der Waals surface area contributed by atoms with Gasteiger partial charge in [-0.2, -0.15) is 0 Å². The van der Waals surface area contributed by atoms with E-state index in [2.05, 4.69) is 67.8 Å². The highest BCUT2D eigenvalue weighted by molar-refractivity contribution is 5.76. The van der Waals surface area contributed by atoms with Crippen LogP contribution in [0.2, 0.25) is 0 Å². The van der Waals surface area contributed by atoms with Crippen LogP contribution in [-0.4, -0.2) is 47.4 Å². The number of ether oxygens (including phenoxy) is 1. The van der Waals surface area contributed by atoms with E-state index >= 15 is 0 Å². The first-order valence-electron chi connectivity index (χ1n) is 40.1. The lowest BCUT2D eigenvalue weighted by Gasteiger charge is -2.20. The summed E-state index contributed by atoms with van der Waals surface area (Å²) in [6, 6.07) is -0.626. The lowest BCUT2D eigenvalue weighted by atomic mass is 10.0. The predicted molar refractivity (Wildman–Crippen MR) is 393 cm³/mol. The molecule has 6 heteroatoms. The molecule has 0 radical (unpaired) electrons. The molecular weight excluding hydrogens is 1090 g/mol. The summed E-state index contributed by atoms with van der Waals surface area (Å²) in [4.78, 5) is 24.6. The Balaban J connectivity index is 3.36. The quantitative estimate of drug-likeness (QED) is 0.0320. The molecule has 89 heavy (non-hydrogen) atoms. The summed E-state index contributed by atoms with van der Waals surface area (Å²) in [5.74, 6) is -0.0498. The van der Waals surface area contributed by atoms with Crippen molar-refractivity contribution >= 4 is 11.9 Å². The molecular formula is C83H155NO5. The lowest BCUT2D eigenvalue weighted by molar-refractivity contribution is -0.143. The molecule has 3 N–H and O–H groups in total. The van der Waals surface area contributed by atoms with Crippen molar-refractivity contribution in [3.63, 3.8) is 0 Å². The number of hydrogen-bond acceptors (Lipinski definition) is 5. The number of esters is 1. The number of unbranched alkanes of at least 4 members (excludes halogenated alkanes) is 56. The highest BCUT2D eigenvalue weighted by Crippen LogP contribution is 2.19. The molecule has 0 heterocycles. The summed E-state index contributed by atoms with van der Waals surface area (Å²) in [5.41, 5.74) is 0. The van der Waals surface area contributed by atoms with Gasteiger partial charge >= 0.3 is 5.97 Å². The Hall–Kier alpha value is -2.44. The van der Waals surface area contributed by atoms with Gasteiger partial charge in [0.1, 0.15) is 0 Å². The molecule has 0 aromatic carbocycles. The van der Waals surface area contributed by atoms with Gasteiger partial charge in [0.2, 0.25) is 5.91 Å². The third-order valence-corrected chi connectivity index (χ3v) is 18.5. The van der Waals surface area contributed by atoms with Gasteiger partial charge in [0.05, 0.1) is 25.4 Å². The summed E-state index contributed by atoms with van der Waals surface area (Å²) in [5, 5.41) is 23.2. The molecule has 0 aliphatic carbocycles. The van der Waals surface area contributed by atoms with E-state index in [1.165, 1.54) is 347 Å². The average Bonchev–Trinajstić information content (AvgIpc) is 3.62. The van der Waals surface area contributed by atoms with Crippen LogP contribution in [0.5, 0.6) is 0 Å². The summed E-state index contributed by atoms with van der Waals surface area (Å²) in [7, 11) is 0. The van der Waals surface area contributed by atoms with E-state index in [1.807, 2.05) is 6.08 Å². The molecule has 2 unspecified atom stereocenters. The molecule has 0 aromatic heterocycles. The minimum atomic E-state index is -0.843. The Kier molecular flexibility index (Phi) is 75.9. The van der Waals surface area contributed by atoms with Crippen LogP contribution in [0, 0.1) is 0 Å². The molecule has 0 bridgehead atoms. The van der Waals surface area contributed by atoms with E-state index < -0.39 is 12.1 Å². The predicted octanol–water partition coefficient (Wildman–Crippen LogP) is 26.5. The zero-order valence-electron chi connectivity index (χ0n) is 59.9. The molecule has 0 spiro atoms. The van der Waals surface area contributed by atoms with Crippen molar-refractivity contribution in [3.8, 4) is 0 Å². The second-order valence-corrected chi connectivity index (χ2v) is 27.4. The minimum absolute atomic E-state index is 0.0125. The molecule has 0 saturated heterocycles. The molecule has 0 saturated carbocycles. The summed E-state index contributed by atoms with van der Waals surface area (Å²) in [6.07, 6.45) is 105. The fourth-order valence-electron chi connectivity index (χ4n) is 12.4. The van der Waals surface area contributed by atoms with Gasteiger partial charge in [-0.15, -0.1) is 0 Å². The summed E-state index contributed by atoms with van der Waals surface area (Å²) >= 11 is 0. The maximum atomic E-state index is 12.5. The van der Waals surface area contributed by atoms with Crippen LogP contribution >= 0.6 is 0 Å². The second kappa shape index (κ2) is 78.0. The number of carbonyl (C=O) groups excluding carboxylic acids is 2. The number of allylic oxidation sites excluding steroid dienone is 9. The van der Waals surface area contributed by atoms with Gasteiger partial charge in [-0.1, -0.05) is 383 Å². The topological polar surface area (TPSA) is 95.9 Å². The van der Waals surface area contributed by atoms with Crippen LogP contribution in [0.3, 0.4) is 0 Å². The third-order valence-electron chi connectivity index (χ3n) is 18.5. The lowest BCUT2D eigenvalue weighted by Crippen LogP contribution is -2.45. The number of carbonyl (C=O) groups is 2. The average molecular weight is 1250 g/mol. The van der Waals surface area contributed by atoms with Crippen LogP contribution in [-0.2, 0) is 14.3 Å². The zero-order chi connectivity index (χ0) is 64.2. The van der Waals surface area contributed by atoms with Crippen molar-refractivity contribution in [3.05, 3.63) is 60.8 Å². The third kappa shape index (κ3) is 74.5. The van der Waals surface area contributed by atoms with E-state index in [-0.39, 0.29) is 18.5 Å². The maximum Gasteiger partial charge on any atom is 0.305 e. The smallest absolute Gasteiger partial charge is 0.305 e. The molecule has 6 nitrogen and oxygen atoms in total. The molecule has 1 amide bonds. The maximum absolute atomic E-state index is 12.5. The largest absolute Gasteiger partial charge is 0.466 e. The molecule has 0 aliphatic heterocycles. The van der Waals surface area contributed by atoms with Crippen molar-refractivity contribution in [2.75, 3.05) is 13.2 Å². The van der Waals surface area contributed by atoms with Gasteiger partial charge in [-0.3, -0.25) is 9.59 Å². The van der Waals surface area contributed by atoms with E-state index in [0.29, 0.717) is 19.4 Å². The van der Waals surface area contributed by atoms with Gasteiger partial charge in [-0.25, -0.2) is 0 Å². The van der Waals surface area contributed by atoms with E-state index in [4.69, 9.17) is 4.74 Å². The SMILES string of the molecule is CCCCC/C=C\C/C=C\CCCCCCCCCC(=O)OCCCCCCCCCCCCCCCCC/C=C\C/C=C\CCCCCCCCCCCCCCCCCCCC(=O)NC(CO)C(O)/C=C/CCCCCCCCCCCCCCCC. The van der Waals surface area contributed by atoms with Gasteiger partial charge in [-0.05, 0) is 96.3 Å². The number of rotatable bonds is 75. The van der Waals surface area contributed by atoms with Crippen LogP contribution in [0.1, 0.15) is 431 Å². The Bertz CT molecular complexity index is 1530. The highest BCUT2D eigenvalue weighted by atomic mass is 16.5. The van der Waals surface area contributed by atoms with Crippen LogP contribution in [0.15, 0.2) is 60.8 Å². The van der Waals surface area contributed by atoms with Gasteiger partial charge < -0.3 is 20.3 Å². The number of nitrogens with one attached hydrogen (secondary N) is 1. The Morgan fingerprint density at radius 2 is 0.562 bits per heavy atom. The molecule has 0 rings (SSSR count). The fourth-order valence-corrected chi connectivity index (χ4v) is 12.4. The van der Waals surface area contributed by atoms with Gasteiger partial charge in [0.15, 0.2) is 0 Å². The number of aliphatic hydroxyl groups excluding tert-OH is 2. The first-order valence-corrected chi connectivity index (χ1v) is 40.1. The summed E-state index contributed by atoms with van der Waals surface area (Å²) in [6.45, 7) is 4.91. The number of amides is 1. The van der Waals surface area contributed by atoms with E-state index in [9.17, 15) is 19.8 Å². The Morgan fingerprint density at radius 1 is 0.315 bits per heavy atom. The first-order chi connectivity index (χ1) is 44.0.